The Labute approximate surface area is 89.9 Å². The highest BCUT2D eigenvalue weighted by Gasteiger charge is 2.32. The molecule has 1 aliphatic rings. The van der Waals surface area contributed by atoms with Gasteiger partial charge in [0.15, 0.2) is 0 Å². The lowest BCUT2D eigenvalue weighted by Gasteiger charge is -2.21. The Balaban J connectivity index is 2.16. The van der Waals surface area contributed by atoms with Crippen LogP contribution in [0.15, 0.2) is 24.3 Å². The molecule has 1 fully saturated rings. The van der Waals surface area contributed by atoms with Gasteiger partial charge in [0.2, 0.25) is 0 Å². The number of benzene rings is 1. The Morgan fingerprint density at radius 1 is 1.33 bits per heavy atom. The summed E-state index contributed by atoms with van der Waals surface area (Å²) >= 11 is 0. The van der Waals surface area contributed by atoms with Crippen LogP contribution in [0.5, 0.6) is 0 Å². The molecule has 1 aromatic carbocycles. The molecule has 82 valence electrons. The number of nitrogens with two attached hydrogens (primary N) is 1. The second kappa shape index (κ2) is 4.31. The van der Waals surface area contributed by atoms with Gasteiger partial charge in [-0.05, 0) is 11.1 Å². The second-order valence-corrected chi connectivity index (χ2v) is 4.18. The van der Waals surface area contributed by atoms with Crippen LogP contribution in [0, 0.1) is 0 Å². The predicted octanol–water partition coefficient (Wildman–Crippen LogP) is 0.839. The summed E-state index contributed by atoms with van der Waals surface area (Å²) in [6.07, 6.45) is 1.35. The first kappa shape index (κ1) is 10.6. The van der Waals surface area contributed by atoms with Gasteiger partial charge in [0.25, 0.3) is 0 Å². The van der Waals surface area contributed by atoms with Crippen LogP contribution in [0.25, 0.3) is 0 Å². The molecule has 3 nitrogen and oxygen atoms in total. The zero-order valence-corrected chi connectivity index (χ0v) is 8.78. The summed E-state index contributed by atoms with van der Waals surface area (Å²) < 4.78 is 5.22. The second-order valence-electron chi connectivity index (χ2n) is 4.18. The van der Waals surface area contributed by atoms with Crippen molar-refractivity contribution in [1.29, 1.82) is 0 Å². The van der Waals surface area contributed by atoms with E-state index in [-0.39, 0.29) is 0 Å². The lowest BCUT2D eigenvalue weighted by molar-refractivity contribution is 0.0269. The Kier molecular flexibility index (Phi) is 3.05. The molecule has 0 spiro atoms. The smallest absolute Gasteiger partial charge is 0.0942 e. The topological polar surface area (TPSA) is 55.5 Å². The molecule has 0 amide bonds. The third-order valence-corrected chi connectivity index (χ3v) is 2.94. The van der Waals surface area contributed by atoms with Gasteiger partial charge in [0.05, 0.1) is 12.2 Å². The molecule has 0 aromatic heterocycles. The summed E-state index contributed by atoms with van der Waals surface area (Å²) in [6.45, 7) is 1.61. The van der Waals surface area contributed by atoms with Gasteiger partial charge in [-0.25, -0.2) is 0 Å². The van der Waals surface area contributed by atoms with Gasteiger partial charge in [-0.15, -0.1) is 0 Å². The monoisotopic (exact) mass is 207 g/mol. The molecule has 1 saturated heterocycles. The van der Waals surface area contributed by atoms with E-state index < -0.39 is 5.60 Å². The first-order valence-corrected chi connectivity index (χ1v) is 5.30. The third-order valence-electron chi connectivity index (χ3n) is 2.94. The van der Waals surface area contributed by atoms with Crippen LogP contribution >= 0.6 is 0 Å². The highest BCUT2D eigenvalue weighted by atomic mass is 16.5. The molecule has 0 radical (unpaired) electrons. The normalized spacial score (nSPS) is 25.7. The minimum Gasteiger partial charge on any atom is -0.387 e. The number of hydrogen-bond acceptors (Lipinski definition) is 3. The Hall–Kier alpha value is -0.900. The van der Waals surface area contributed by atoms with Crippen molar-refractivity contribution in [3.05, 3.63) is 35.4 Å². The maximum Gasteiger partial charge on any atom is 0.0942 e. The van der Waals surface area contributed by atoms with Crippen LogP contribution < -0.4 is 5.73 Å². The minimum atomic E-state index is -0.689. The lowest BCUT2D eigenvalue weighted by Crippen LogP contribution is -2.32. The van der Waals surface area contributed by atoms with E-state index in [9.17, 15) is 5.11 Å². The van der Waals surface area contributed by atoms with E-state index in [2.05, 4.69) is 0 Å². The average molecular weight is 207 g/mol. The summed E-state index contributed by atoms with van der Waals surface area (Å²) in [6, 6.07) is 7.99. The van der Waals surface area contributed by atoms with Gasteiger partial charge >= 0.3 is 0 Å². The third kappa shape index (κ3) is 2.37. The molecule has 1 aliphatic heterocycles. The van der Waals surface area contributed by atoms with Crippen molar-refractivity contribution in [3.8, 4) is 0 Å². The van der Waals surface area contributed by atoms with Gasteiger partial charge in [-0.2, -0.15) is 0 Å². The van der Waals surface area contributed by atoms with Crippen LogP contribution in [0.2, 0.25) is 0 Å². The summed E-state index contributed by atoms with van der Waals surface area (Å²) in [5.41, 5.74) is 7.21. The molecule has 15 heavy (non-hydrogen) atoms. The van der Waals surface area contributed by atoms with Gasteiger partial charge < -0.3 is 15.6 Å². The molecule has 1 atom stereocenters. The number of ether oxygens (including phenoxy) is 1. The van der Waals surface area contributed by atoms with Crippen molar-refractivity contribution in [2.24, 2.45) is 5.73 Å². The van der Waals surface area contributed by atoms with Crippen LogP contribution in [0.3, 0.4) is 0 Å². The van der Waals surface area contributed by atoms with E-state index in [1.165, 1.54) is 0 Å². The van der Waals surface area contributed by atoms with E-state index in [0.717, 1.165) is 11.1 Å². The largest absolute Gasteiger partial charge is 0.387 e. The van der Waals surface area contributed by atoms with Gasteiger partial charge in [-0.1, -0.05) is 24.3 Å². The van der Waals surface area contributed by atoms with Crippen molar-refractivity contribution in [3.63, 3.8) is 0 Å². The van der Waals surface area contributed by atoms with Crippen LogP contribution in [0.1, 0.15) is 17.5 Å². The molecule has 1 unspecified atom stereocenters. The molecular weight excluding hydrogens is 190 g/mol. The number of rotatable bonds is 3. The van der Waals surface area contributed by atoms with Crippen molar-refractivity contribution in [1.82, 2.24) is 0 Å². The van der Waals surface area contributed by atoms with E-state index in [1.54, 1.807) is 0 Å². The van der Waals surface area contributed by atoms with E-state index in [1.807, 2.05) is 24.3 Å². The summed E-state index contributed by atoms with van der Waals surface area (Å²) in [5.74, 6) is 0. The number of aliphatic hydroxyl groups is 1. The fourth-order valence-electron chi connectivity index (χ4n) is 2.02. The molecular formula is C12H17NO2. The molecule has 0 aliphatic carbocycles. The number of hydrogen-bond donors (Lipinski definition) is 2. The highest BCUT2D eigenvalue weighted by Crippen LogP contribution is 2.24. The fourth-order valence-corrected chi connectivity index (χ4v) is 2.02. The summed E-state index contributed by atoms with van der Waals surface area (Å²) in [4.78, 5) is 0. The molecule has 1 heterocycles. The van der Waals surface area contributed by atoms with Crippen molar-refractivity contribution in [2.45, 2.75) is 25.0 Å². The first-order valence-electron chi connectivity index (χ1n) is 5.30. The Bertz CT molecular complexity index is 332. The predicted molar refractivity (Wildman–Crippen MR) is 58.4 cm³/mol. The lowest BCUT2D eigenvalue weighted by atomic mass is 9.91. The Morgan fingerprint density at radius 3 is 2.67 bits per heavy atom. The van der Waals surface area contributed by atoms with Crippen molar-refractivity contribution >= 4 is 0 Å². The van der Waals surface area contributed by atoms with Gasteiger partial charge in [0.1, 0.15) is 0 Å². The van der Waals surface area contributed by atoms with E-state index >= 15 is 0 Å². The van der Waals surface area contributed by atoms with Gasteiger partial charge in [0, 0.05) is 26.0 Å². The molecule has 0 bridgehead atoms. The van der Waals surface area contributed by atoms with E-state index in [0.29, 0.717) is 32.6 Å². The van der Waals surface area contributed by atoms with Crippen LogP contribution in [-0.4, -0.2) is 23.9 Å². The fraction of sp³-hybridized carbons (Fsp3) is 0.500. The molecule has 3 heteroatoms. The maximum absolute atomic E-state index is 10.2. The van der Waals surface area contributed by atoms with E-state index in [4.69, 9.17) is 10.5 Å². The van der Waals surface area contributed by atoms with Crippen molar-refractivity contribution < 1.29 is 9.84 Å². The molecule has 1 aromatic rings. The van der Waals surface area contributed by atoms with Gasteiger partial charge in [-0.3, -0.25) is 0 Å². The molecule has 0 saturated carbocycles. The van der Waals surface area contributed by atoms with Crippen LogP contribution in [0.4, 0.5) is 0 Å². The average Bonchev–Trinajstić information content (AvgIpc) is 2.66. The molecule has 3 N–H and O–H groups in total. The maximum atomic E-state index is 10.2. The zero-order chi connectivity index (χ0) is 10.7. The summed E-state index contributed by atoms with van der Waals surface area (Å²) in [5, 5.41) is 10.2. The zero-order valence-electron chi connectivity index (χ0n) is 8.78. The Morgan fingerprint density at radius 2 is 2.07 bits per heavy atom. The van der Waals surface area contributed by atoms with Crippen LogP contribution in [-0.2, 0) is 17.7 Å². The van der Waals surface area contributed by atoms with Crippen molar-refractivity contribution in [2.75, 3.05) is 13.2 Å². The highest BCUT2D eigenvalue weighted by molar-refractivity contribution is 5.28. The first-order chi connectivity index (χ1) is 7.23. The SMILES string of the molecule is NCc1ccccc1CC1(O)CCOC1. The standard InChI is InChI=1S/C12H17NO2/c13-8-11-4-2-1-3-10(11)7-12(14)5-6-15-9-12/h1-4,14H,5-9,13H2. The quantitative estimate of drug-likeness (QED) is 0.772. The minimum absolute atomic E-state index is 0.436. The molecule has 2 rings (SSSR count). The summed E-state index contributed by atoms with van der Waals surface area (Å²) in [7, 11) is 0.